The normalized spacial score (nSPS) is 17.1. The maximum Gasteiger partial charge on any atom is 0.408 e. The monoisotopic (exact) mass is 358 g/mol. The first-order chi connectivity index (χ1) is 12.1. The van der Waals surface area contributed by atoms with Crippen LogP contribution in [0.2, 0.25) is 0 Å². The molecule has 140 valence electrons. The molecule has 0 saturated heterocycles. The van der Waals surface area contributed by atoms with Gasteiger partial charge in [-0.25, -0.2) is 14.6 Å². The summed E-state index contributed by atoms with van der Waals surface area (Å²) >= 11 is 0. The fraction of sp³-hybridized carbons (Fsp3) is 0.450. The highest BCUT2D eigenvalue weighted by Gasteiger charge is 2.32. The van der Waals surface area contributed by atoms with E-state index in [9.17, 15) is 9.59 Å². The fourth-order valence-electron chi connectivity index (χ4n) is 2.42. The van der Waals surface area contributed by atoms with E-state index in [0.29, 0.717) is 6.42 Å². The molecule has 0 bridgehead atoms. The summed E-state index contributed by atoms with van der Waals surface area (Å²) in [7, 11) is 0. The van der Waals surface area contributed by atoms with Gasteiger partial charge in [-0.3, -0.25) is 0 Å². The lowest BCUT2D eigenvalue weighted by molar-refractivity contribution is -0.130. The van der Waals surface area contributed by atoms with Gasteiger partial charge in [-0.2, -0.15) is 0 Å². The smallest absolute Gasteiger partial charge is 0.408 e. The highest BCUT2D eigenvalue weighted by molar-refractivity contribution is 6.09. The molecule has 0 spiro atoms. The summed E-state index contributed by atoms with van der Waals surface area (Å²) in [5, 5.41) is 2.76. The number of cyclic esters (lactones) is 1. The SMILES string of the molecule is CC(C)C[C@H](NC(=O)OC(C)(C)C)C1=N/C(=C\c2ccccc2)C(=O)O1. The first kappa shape index (κ1) is 19.7. The van der Waals surface area contributed by atoms with Crippen LogP contribution in [0.25, 0.3) is 6.08 Å². The number of hydrogen-bond acceptors (Lipinski definition) is 5. The van der Waals surface area contributed by atoms with Gasteiger partial charge in [-0.15, -0.1) is 0 Å². The molecule has 0 aliphatic carbocycles. The van der Waals surface area contributed by atoms with E-state index in [0.717, 1.165) is 5.56 Å². The standard InChI is InChI=1S/C20H26N2O4/c1-13(2)11-15(22-19(24)26-20(3,4)5)17-21-16(18(23)25-17)12-14-9-7-6-8-10-14/h6-10,12-13,15H,11H2,1-5H3,(H,22,24)/b16-12-/t15-/m0/s1. The predicted octanol–water partition coefficient (Wildman–Crippen LogP) is 3.92. The van der Waals surface area contributed by atoms with Crippen molar-refractivity contribution in [3.8, 4) is 0 Å². The Morgan fingerprint density at radius 3 is 2.50 bits per heavy atom. The van der Waals surface area contributed by atoms with E-state index >= 15 is 0 Å². The van der Waals surface area contributed by atoms with E-state index in [2.05, 4.69) is 10.3 Å². The van der Waals surface area contributed by atoms with Gasteiger partial charge in [0, 0.05) is 0 Å². The second kappa shape index (κ2) is 8.17. The fourth-order valence-corrected chi connectivity index (χ4v) is 2.42. The molecule has 6 nitrogen and oxygen atoms in total. The number of hydrogen-bond donors (Lipinski definition) is 1. The molecule has 6 heteroatoms. The molecular formula is C20H26N2O4. The highest BCUT2D eigenvalue weighted by Crippen LogP contribution is 2.20. The molecule has 0 unspecified atom stereocenters. The summed E-state index contributed by atoms with van der Waals surface area (Å²) in [4.78, 5) is 28.6. The van der Waals surface area contributed by atoms with E-state index in [4.69, 9.17) is 9.47 Å². The van der Waals surface area contributed by atoms with Crippen LogP contribution in [0.1, 0.15) is 46.6 Å². The van der Waals surface area contributed by atoms with Crippen molar-refractivity contribution in [3.05, 3.63) is 41.6 Å². The van der Waals surface area contributed by atoms with Crippen molar-refractivity contribution in [3.63, 3.8) is 0 Å². The number of benzene rings is 1. The lowest BCUT2D eigenvalue weighted by atomic mass is 10.0. The third-order valence-electron chi connectivity index (χ3n) is 3.44. The first-order valence-corrected chi connectivity index (χ1v) is 8.71. The number of rotatable bonds is 5. The number of amides is 1. The van der Waals surface area contributed by atoms with Crippen LogP contribution in [0, 0.1) is 5.92 Å². The Kier molecular flexibility index (Phi) is 6.18. The molecule has 1 aromatic rings. The van der Waals surface area contributed by atoms with E-state index in [-0.39, 0.29) is 17.5 Å². The van der Waals surface area contributed by atoms with Gasteiger partial charge in [-0.05, 0) is 44.7 Å². The minimum atomic E-state index is -0.612. The summed E-state index contributed by atoms with van der Waals surface area (Å²) in [6.45, 7) is 9.40. The zero-order valence-corrected chi connectivity index (χ0v) is 15.9. The Hall–Kier alpha value is -2.63. The van der Waals surface area contributed by atoms with Gasteiger partial charge < -0.3 is 14.8 Å². The van der Waals surface area contributed by atoms with Gasteiger partial charge >= 0.3 is 12.1 Å². The second-order valence-corrected chi connectivity index (χ2v) is 7.61. The van der Waals surface area contributed by atoms with Crippen molar-refractivity contribution in [2.24, 2.45) is 10.9 Å². The van der Waals surface area contributed by atoms with Crippen LogP contribution in [0.4, 0.5) is 4.79 Å². The van der Waals surface area contributed by atoms with Crippen LogP contribution in [0.15, 0.2) is 41.0 Å². The molecule has 2 rings (SSSR count). The number of aliphatic imine (C=N–C) groups is 1. The van der Waals surface area contributed by atoms with Crippen LogP contribution < -0.4 is 5.32 Å². The zero-order chi connectivity index (χ0) is 19.3. The van der Waals surface area contributed by atoms with Crippen molar-refractivity contribution in [2.45, 2.75) is 52.7 Å². The third-order valence-corrected chi connectivity index (χ3v) is 3.44. The van der Waals surface area contributed by atoms with E-state index in [1.807, 2.05) is 44.2 Å². The molecule has 0 aromatic heterocycles. The summed E-state index contributed by atoms with van der Waals surface area (Å²) in [6, 6.07) is 8.87. The number of carbonyl (C=O) groups excluding carboxylic acids is 2. The number of ether oxygens (including phenoxy) is 2. The molecule has 0 radical (unpaired) electrons. The van der Waals surface area contributed by atoms with E-state index < -0.39 is 23.7 Å². The summed E-state index contributed by atoms with van der Waals surface area (Å²) in [6.07, 6.45) is 1.67. The lowest BCUT2D eigenvalue weighted by Gasteiger charge is -2.23. The minimum Gasteiger partial charge on any atom is -0.444 e. The summed E-state index contributed by atoms with van der Waals surface area (Å²) in [5.74, 6) is -0.0705. The Bertz CT molecular complexity index is 715. The van der Waals surface area contributed by atoms with Gasteiger partial charge in [-0.1, -0.05) is 44.2 Å². The van der Waals surface area contributed by atoms with Crippen LogP contribution in [-0.2, 0) is 14.3 Å². The molecule has 1 aliphatic rings. The van der Waals surface area contributed by atoms with E-state index in [1.54, 1.807) is 26.8 Å². The Morgan fingerprint density at radius 2 is 1.92 bits per heavy atom. The Balaban J connectivity index is 2.19. The van der Waals surface area contributed by atoms with Crippen molar-refractivity contribution in [1.29, 1.82) is 0 Å². The third kappa shape index (κ3) is 6.02. The maximum atomic E-state index is 12.1. The van der Waals surface area contributed by atoms with Crippen LogP contribution in [0.5, 0.6) is 0 Å². The first-order valence-electron chi connectivity index (χ1n) is 8.71. The maximum absolute atomic E-state index is 12.1. The number of nitrogens with zero attached hydrogens (tertiary/aromatic N) is 1. The van der Waals surface area contributed by atoms with Crippen LogP contribution in [-0.4, -0.2) is 29.6 Å². The molecule has 1 N–H and O–H groups in total. The molecule has 1 aromatic carbocycles. The number of esters is 1. The lowest BCUT2D eigenvalue weighted by Crippen LogP contribution is -2.44. The van der Waals surface area contributed by atoms with Gasteiger partial charge in [0.05, 0.1) is 0 Å². The summed E-state index contributed by atoms with van der Waals surface area (Å²) in [5.41, 5.74) is 0.454. The van der Waals surface area contributed by atoms with Gasteiger partial charge in [0.25, 0.3) is 0 Å². The molecule has 1 heterocycles. The molecule has 0 saturated carbocycles. The molecular weight excluding hydrogens is 332 g/mol. The van der Waals surface area contributed by atoms with Crippen molar-refractivity contribution in [2.75, 3.05) is 0 Å². The topological polar surface area (TPSA) is 77.0 Å². The van der Waals surface area contributed by atoms with E-state index in [1.165, 1.54) is 0 Å². The molecule has 1 atom stereocenters. The van der Waals surface area contributed by atoms with Crippen LogP contribution in [0.3, 0.4) is 0 Å². The Morgan fingerprint density at radius 1 is 1.27 bits per heavy atom. The Labute approximate surface area is 154 Å². The van der Waals surface area contributed by atoms with Crippen molar-refractivity contribution < 1.29 is 19.1 Å². The highest BCUT2D eigenvalue weighted by atomic mass is 16.6. The largest absolute Gasteiger partial charge is 0.444 e. The van der Waals surface area contributed by atoms with Gasteiger partial charge in [0.1, 0.15) is 11.6 Å². The average molecular weight is 358 g/mol. The number of nitrogens with one attached hydrogen (secondary N) is 1. The molecule has 26 heavy (non-hydrogen) atoms. The number of alkyl carbamates (subject to hydrolysis) is 1. The average Bonchev–Trinajstić information content (AvgIpc) is 2.86. The van der Waals surface area contributed by atoms with Gasteiger partial charge in [0.15, 0.2) is 5.70 Å². The second-order valence-electron chi connectivity index (χ2n) is 7.61. The minimum absolute atomic E-state index is 0.191. The van der Waals surface area contributed by atoms with Gasteiger partial charge in [0.2, 0.25) is 5.90 Å². The predicted molar refractivity (Wildman–Crippen MR) is 101 cm³/mol. The van der Waals surface area contributed by atoms with Crippen LogP contribution >= 0.6 is 0 Å². The molecule has 1 aliphatic heterocycles. The molecule has 1 amide bonds. The zero-order valence-electron chi connectivity index (χ0n) is 15.9. The number of carbonyl (C=O) groups is 2. The summed E-state index contributed by atoms with van der Waals surface area (Å²) < 4.78 is 10.6. The molecule has 0 fully saturated rings. The van der Waals surface area contributed by atoms with Crippen molar-refractivity contribution in [1.82, 2.24) is 5.32 Å². The van der Waals surface area contributed by atoms with Crippen molar-refractivity contribution >= 4 is 24.0 Å². The quantitative estimate of drug-likeness (QED) is 0.639.